The van der Waals surface area contributed by atoms with Crippen LogP contribution in [-0.4, -0.2) is 43.7 Å². The zero-order valence-electron chi connectivity index (χ0n) is 14.1. The van der Waals surface area contributed by atoms with Crippen molar-refractivity contribution in [3.8, 4) is 0 Å². The first-order valence-corrected chi connectivity index (χ1v) is 10.4. The van der Waals surface area contributed by atoms with Gasteiger partial charge in [0.1, 0.15) is 0 Å². The number of anilines is 2. The van der Waals surface area contributed by atoms with Gasteiger partial charge in [-0.25, -0.2) is 18.2 Å². The second-order valence-electron chi connectivity index (χ2n) is 5.94. The summed E-state index contributed by atoms with van der Waals surface area (Å²) in [6, 6.07) is 6.63. The SMILES string of the molecule is Cc1nc(CN(C)C(=O)Nc2cccc(N3CCCS3(=O)=O)c2)cs1. The molecule has 1 fully saturated rings. The quantitative estimate of drug-likeness (QED) is 0.884. The van der Waals surface area contributed by atoms with E-state index in [9.17, 15) is 13.2 Å². The van der Waals surface area contributed by atoms with Crippen molar-refractivity contribution in [1.29, 1.82) is 0 Å². The van der Waals surface area contributed by atoms with Crippen LogP contribution in [0.3, 0.4) is 0 Å². The summed E-state index contributed by atoms with van der Waals surface area (Å²) in [7, 11) is -1.54. The van der Waals surface area contributed by atoms with E-state index in [1.165, 1.54) is 9.21 Å². The first-order valence-electron chi connectivity index (χ1n) is 7.89. The largest absolute Gasteiger partial charge is 0.322 e. The van der Waals surface area contributed by atoms with Crippen LogP contribution in [0.1, 0.15) is 17.1 Å². The smallest absolute Gasteiger partial charge is 0.321 e. The summed E-state index contributed by atoms with van der Waals surface area (Å²) in [5.74, 6) is 0.166. The highest BCUT2D eigenvalue weighted by atomic mass is 32.2. The molecule has 3 rings (SSSR count). The first-order chi connectivity index (χ1) is 11.8. The number of carbonyl (C=O) groups excluding carboxylic acids is 1. The van der Waals surface area contributed by atoms with E-state index in [4.69, 9.17) is 0 Å². The maximum Gasteiger partial charge on any atom is 0.321 e. The van der Waals surface area contributed by atoms with Crippen molar-refractivity contribution in [1.82, 2.24) is 9.88 Å². The molecule has 2 amide bonds. The fourth-order valence-corrected chi connectivity index (χ4v) is 4.84. The van der Waals surface area contributed by atoms with Gasteiger partial charge in [0.15, 0.2) is 0 Å². The third-order valence-electron chi connectivity index (χ3n) is 3.90. The van der Waals surface area contributed by atoms with Crippen LogP contribution in [-0.2, 0) is 16.6 Å². The monoisotopic (exact) mass is 380 g/mol. The first kappa shape index (κ1) is 17.7. The number of rotatable bonds is 4. The summed E-state index contributed by atoms with van der Waals surface area (Å²) in [6.07, 6.45) is 0.620. The molecule has 1 aliphatic heterocycles. The molecule has 9 heteroatoms. The summed E-state index contributed by atoms with van der Waals surface area (Å²) >= 11 is 1.55. The van der Waals surface area contributed by atoms with Crippen LogP contribution in [0.2, 0.25) is 0 Å². The summed E-state index contributed by atoms with van der Waals surface area (Å²) in [6.45, 7) is 2.81. The summed E-state index contributed by atoms with van der Waals surface area (Å²) in [4.78, 5) is 18.2. The lowest BCUT2D eigenvalue weighted by atomic mass is 10.2. The van der Waals surface area contributed by atoms with Crippen molar-refractivity contribution >= 4 is 38.8 Å². The van der Waals surface area contributed by atoms with E-state index in [2.05, 4.69) is 10.3 Å². The number of nitrogens with zero attached hydrogens (tertiary/aromatic N) is 3. The fraction of sp³-hybridized carbons (Fsp3) is 0.375. The van der Waals surface area contributed by atoms with Crippen LogP contribution in [0.5, 0.6) is 0 Å². The average molecular weight is 380 g/mol. The molecule has 1 N–H and O–H groups in total. The molecule has 0 saturated carbocycles. The minimum Gasteiger partial charge on any atom is -0.322 e. The molecule has 2 aromatic rings. The van der Waals surface area contributed by atoms with Gasteiger partial charge in [0, 0.05) is 24.7 Å². The maximum absolute atomic E-state index is 12.3. The maximum atomic E-state index is 12.3. The van der Waals surface area contributed by atoms with Gasteiger partial charge in [0.2, 0.25) is 10.0 Å². The van der Waals surface area contributed by atoms with Crippen LogP contribution in [0.25, 0.3) is 0 Å². The van der Waals surface area contributed by atoms with Gasteiger partial charge >= 0.3 is 6.03 Å². The Morgan fingerprint density at radius 2 is 2.24 bits per heavy atom. The molecule has 134 valence electrons. The number of hydrogen-bond acceptors (Lipinski definition) is 5. The number of urea groups is 1. The Morgan fingerprint density at radius 3 is 2.88 bits per heavy atom. The zero-order chi connectivity index (χ0) is 18.0. The molecule has 1 aromatic heterocycles. The minimum absolute atomic E-state index is 0.166. The van der Waals surface area contributed by atoms with E-state index in [0.29, 0.717) is 30.9 Å². The number of sulfonamides is 1. The number of benzene rings is 1. The molecule has 0 radical (unpaired) electrons. The van der Waals surface area contributed by atoms with Crippen molar-refractivity contribution in [2.45, 2.75) is 19.9 Å². The molecule has 1 aliphatic rings. The number of aromatic nitrogens is 1. The Bertz CT molecular complexity index is 879. The molecular formula is C16H20N4O3S2. The highest BCUT2D eigenvalue weighted by Crippen LogP contribution is 2.26. The predicted molar refractivity (Wildman–Crippen MR) is 99.5 cm³/mol. The molecule has 0 spiro atoms. The Morgan fingerprint density at radius 1 is 1.44 bits per heavy atom. The molecule has 1 saturated heterocycles. The third-order valence-corrected chi connectivity index (χ3v) is 6.59. The summed E-state index contributed by atoms with van der Waals surface area (Å²) in [5, 5.41) is 5.69. The van der Waals surface area contributed by atoms with Gasteiger partial charge < -0.3 is 10.2 Å². The van der Waals surface area contributed by atoms with Gasteiger partial charge in [-0.3, -0.25) is 4.31 Å². The molecule has 7 nitrogen and oxygen atoms in total. The lowest BCUT2D eigenvalue weighted by Crippen LogP contribution is -2.31. The Balaban J connectivity index is 1.68. The van der Waals surface area contributed by atoms with E-state index in [1.54, 1.807) is 42.6 Å². The second-order valence-corrected chi connectivity index (χ2v) is 9.01. The Hall–Kier alpha value is -2.13. The topological polar surface area (TPSA) is 82.6 Å². The lowest BCUT2D eigenvalue weighted by molar-refractivity contribution is 0.220. The van der Waals surface area contributed by atoms with Crippen molar-refractivity contribution in [3.05, 3.63) is 40.3 Å². The Kier molecular flexibility index (Phi) is 4.96. The molecule has 1 aromatic carbocycles. The zero-order valence-corrected chi connectivity index (χ0v) is 15.7. The molecule has 0 atom stereocenters. The van der Waals surface area contributed by atoms with Crippen molar-refractivity contribution in [3.63, 3.8) is 0 Å². The average Bonchev–Trinajstić information content (AvgIpc) is 3.12. The molecule has 0 bridgehead atoms. The van der Waals surface area contributed by atoms with Gasteiger partial charge in [-0.1, -0.05) is 6.07 Å². The predicted octanol–water partition coefficient (Wildman–Crippen LogP) is 2.66. The van der Waals surface area contributed by atoms with E-state index >= 15 is 0 Å². The van der Waals surface area contributed by atoms with Crippen LogP contribution in [0.15, 0.2) is 29.6 Å². The number of carbonyl (C=O) groups is 1. The number of amides is 2. The van der Waals surface area contributed by atoms with E-state index in [-0.39, 0.29) is 11.8 Å². The summed E-state index contributed by atoms with van der Waals surface area (Å²) < 4.78 is 25.5. The van der Waals surface area contributed by atoms with Crippen LogP contribution >= 0.6 is 11.3 Å². The molecule has 25 heavy (non-hydrogen) atoms. The molecule has 2 heterocycles. The van der Waals surface area contributed by atoms with E-state index < -0.39 is 10.0 Å². The minimum atomic E-state index is -3.24. The van der Waals surface area contributed by atoms with Crippen molar-refractivity contribution in [2.75, 3.05) is 29.0 Å². The highest BCUT2D eigenvalue weighted by molar-refractivity contribution is 7.93. The van der Waals surface area contributed by atoms with Gasteiger partial charge in [0.05, 0.1) is 28.7 Å². The van der Waals surface area contributed by atoms with Crippen LogP contribution in [0, 0.1) is 6.92 Å². The number of aryl methyl sites for hydroxylation is 1. The number of hydrogen-bond donors (Lipinski definition) is 1. The normalized spacial score (nSPS) is 16.0. The van der Waals surface area contributed by atoms with E-state index in [1.807, 2.05) is 12.3 Å². The second kappa shape index (κ2) is 7.01. The van der Waals surface area contributed by atoms with Crippen LogP contribution < -0.4 is 9.62 Å². The summed E-state index contributed by atoms with van der Waals surface area (Å²) in [5.41, 5.74) is 1.98. The number of thiazole rings is 1. The van der Waals surface area contributed by atoms with Gasteiger partial charge in [-0.15, -0.1) is 11.3 Å². The highest BCUT2D eigenvalue weighted by Gasteiger charge is 2.28. The molecular weight excluding hydrogens is 360 g/mol. The van der Waals surface area contributed by atoms with Gasteiger partial charge in [0.25, 0.3) is 0 Å². The Labute approximate surface area is 151 Å². The van der Waals surface area contributed by atoms with E-state index in [0.717, 1.165) is 10.7 Å². The van der Waals surface area contributed by atoms with Crippen LogP contribution in [0.4, 0.5) is 16.2 Å². The standard InChI is InChI=1S/C16H20N4O3S2/c1-12-17-14(11-24-12)10-19(2)16(21)18-13-5-3-6-15(9-13)20-7-4-8-25(20,22)23/h3,5-6,9,11H,4,7-8,10H2,1-2H3,(H,18,21). The fourth-order valence-electron chi connectivity index (χ4n) is 2.68. The van der Waals surface area contributed by atoms with Crippen molar-refractivity contribution < 1.29 is 13.2 Å². The molecule has 0 unspecified atom stereocenters. The number of nitrogens with one attached hydrogen (secondary N) is 1. The van der Waals surface area contributed by atoms with Gasteiger partial charge in [-0.05, 0) is 31.5 Å². The molecule has 0 aliphatic carbocycles. The lowest BCUT2D eigenvalue weighted by Gasteiger charge is -2.19. The van der Waals surface area contributed by atoms with Gasteiger partial charge in [-0.2, -0.15) is 0 Å². The third kappa shape index (κ3) is 4.10. The van der Waals surface area contributed by atoms with Crippen molar-refractivity contribution in [2.24, 2.45) is 0 Å².